The van der Waals surface area contributed by atoms with E-state index in [2.05, 4.69) is 21.4 Å². The normalized spacial score (nSPS) is 15.9. The number of morpholine rings is 1. The molecule has 7 nitrogen and oxygen atoms in total. The molecule has 3 heterocycles. The molecule has 1 aliphatic heterocycles. The number of nitrogens with zero attached hydrogens (tertiary/aromatic N) is 3. The van der Waals surface area contributed by atoms with Crippen molar-refractivity contribution in [1.29, 1.82) is 0 Å². The van der Waals surface area contributed by atoms with Gasteiger partial charge in [-0.15, -0.1) is 11.3 Å². The Bertz CT molecular complexity index is 1040. The zero-order valence-electron chi connectivity index (χ0n) is 14.9. The first-order valence-electron chi connectivity index (χ1n) is 8.66. The molecule has 2 aromatic heterocycles. The maximum atomic E-state index is 12.7. The van der Waals surface area contributed by atoms with Gasteiger partial charge in [-0.2, -0.15) is 4.31 Å². The van der Waals surface area contributed by atoms with Crippen molar-refractivity contribution in [3.05, 3.63) is 47.1 Å². The number of sulfonamides is 1. The molecule has 1 aromatic carbocycles. The molecule has 4 rings (SSSR count). The summed E-state index contributed by atoms with van der Waals surface area (Å²) in [5.74, 6) is 0.786. The molecule has 1 aliphatic rings. The van der Waals surface area contributed by atoms with E-state index in [-0.39, 0.29) is 0 Å². The van der Waals surface area contributed by atoms with Crippen LogP contribution in [0.25, 0.3) is 10.2 Å². The zero-order chi connectivity index (χ0) is 18.9. The summed E-state index contributed by atoms with van der Waals surface area (Å²) >= 11 is 1.63. The second-order valence-electron chi connectivity index (χ2n) is 6.31. The Kier molecular flexibility index (Phi) is 5.09. The van der Waals surface area contributed by atoms with Crippen LogP contribution in [0.5, 0.6) is 0 Å². The van der Waals surface area contributed by atoms with Crippen molar-refractivity contribution in [3.63, 3.8) is 0 Å². The molecule has 0 saturated carbocycles. The Morgan fingerprint density at radius 3 is 2.67 bits per heavy atom. The third kappa shape index (κ3) is 3.81. The number of hydrogen-bond acceptors (Lipinski definition) is 7. The Morgan fingerprint density at radius 2 is 1.93 bits per heavy atom. The van der Waals surface area contributed by atoms with Gasteiger partial charge in [-0.05, 0) is 30.7 Å². The van der Waals surface area contributed by atoms with E-state index in [1.165, 1.54) is 9.18 Å². The second-order valence-corrected chi connectivity index (χ2v) is 9.48. The van der Waals surface area contributed by atoms with Gasteiger partial charge in [-0.25, -0.2) is 18.4 Å². The summed E-state index contributed by atoms with van der Waals surface area (Å²) in [6, 6.07) is 9.05. The fourth-order valence-corrected chi connectivity index (χ4v) is 5.27. The van der Waals surface area contributed by atoms with Crippen LogP contribution in [-0.2, 0) is 21.3 Å². The molecule has 0 aliphatic carbocycles. The minimum absolute atomic E-state index is 0.311. The van der Waals surface area contributed by atoms with E-state index in [0.717, 1.165) is 21.6 Å². The predicted octanol–water partition coefficient (Wildman–Crippen LogP) is 2.63. The smallest absolute Gasteiger partial charge is 0.243 e. The molecular weight excluding hydrogens is 384 g/mol. The van der Waals surface area contributed by atoms with Gasteiger partial charge in [-0.1, -0.05) is 12.1 Å². The van der Waals surface area contributed by atoms with Crippen molar-refractivity contribution in [2.45, 2.75) is 18.4 Å². The number of benzene rings is 1. The Morgan fingerprint density at radius 1 is 1.19 bits per heavy atom. The van der Waals surface area contributed by atoms with Gasteiger partial charge in [0.05, 0.1) is 23.5 Å². The summed E-state index contributed by atoms with van der Waals surface area (Å²) < 4.78 is 32.0. The minimum atomic E-state index is -3.46. The SMILES string of the molecule is Cc1cc2c(NCc3ccc(S(=O)(=O)N4CCOCC4)cc3)ncnc2s1. The van der Waals surface area contributed by atoms with Crippen LogP contribution in [0.4, 0.5) is 5.82 Å². The third-order valence-corrected chi connectivity index (χ3v) is 7.32. The quantitative estimate of drug-likeness (QED) is 0.704. The molecular formula is C18H20N4O3S2. The highest BCUT2D eigenvalue weighted by Gasteiger charge is 2.26. The highest BCUT2D eigenvalue weighted by atomic mass is 32.2. The maximum absolute atomic E-state index is 12.7. The number of hydrogen-bond donors (Lipinski definition) is 1. The average molecular weight is 405 g/mol. The molecule has 0 unspecified atom stereocenters. The summed E-state index contributed by atoms with van der Waals surface area (Å²) in [7, 11) is -3.46. The van der Waals surface area contributed by atoms with Gasteiger partial charge in [0.15, 0.2) is 0 Å². The summed E-state index contributed by atoms with van der Waals surface area (Å²) in [5, 5.41) is 4.32. The van der Waals surface area contributed by atoms with Gasteiger partial charge < -0.3 is 10.1 Å². The van der Waals surface area contributed by atoms with Crippen molar-refractivity contribution >= 4 is 37.4 Å². The lowest BCUT2D eigenvalue weighted by Gasteiger charge is -2.26. The number of thiophene rings is 1. The van der Waals surface area contributed by atoms with Crippen LogP contribution in [0.2, 0.25) is 0 Å². The van der Waals surface area contributed by atoms with Crippen LogP contribution in [0.3, 0.4) is 0 Å². The predicted molar refractivity (Wildman–Crippen MR) is 105 cm³/mol. The van der Waals surface area contributed by atoms with Crippen LogP contribution in [0.1, 0.15) is 10.4 Å². The fourth-order valence-electron chi connectivity index (χ4n) is 3.02. The molecule has 0 radical (unpaired) electrons. The average Bonchev–Trinajstić information content (AvgIpc) is 3.08. The summed E-state index contributed by atoms with van der Waals surface area (Å²) in [6.45, 7) is 4.28. The Hall–Kier alpha value is -2.07. The van der Waals surface area contributed by atoms with Gasteiger partial charge in [-0.3, -0.25) is 0 Å². The molecule has 0 bridgehead atoms. The number of anilines is 1. The van der Waals surface area contributed by atoms with Gasteiger partial charge in [0, 0.05) is 24.5 Å². The molecule has 1 fully saturated rings. The number of nitrogens with one attached hydrogen (secondary N) is 1. The van der Waals surface area contributed by atoms with Crippen LogP contribution in [-0.4, -0.2) is 49.0 Å². The number of rotatable bonds is 5. The molecule has 0 atom stereocenters. The number of aromatic nitrogens is 2. The number of aryl methyl sites for hydroxylation is 1. The maximum Gasteiger partial charge on any atom is 0.243 e. The van der Waals surface area contributed by atoms with Crippen molar-refractivity contribution in [2.24, 2.45) is 0 Å². The molecule has 1 saturated heterocycles. The first-order valence-corrected chi connectivity index (χ1v) is 10.9. The topological polar surface area (TPSA) is 84.4 Å². The Balaban J connectivity index is 1.47. The molecule has 27 heavy (non-hydrogen) atoms. The summed E-state index contributed by atoms with van der Waals surface area (Å²) in [4.78, 5) is 11.1. The molecule has 0 spiro atoms. The minimum Gasteiger partial charge on any atom is -0.379 e. The summed E-state index contributed by atoms with van der Waals surface area (Å²) in [5.41, 5.74) is 0.981. The molecule has 0 amide bonds. The monoisotopic (exact) mass is 404 g/mol. The van der Waals surface area contributed by atoms with Crippen molar-refractivity contribution in [3.8, 4) is 0 Å². The van der Waals surface area contributed by atoms with Gasteiger partial charge in [0.25, 0.3) is 0 Å². The van der Waals surface area contributed by atoms with Crippen LogP contribution >= 0.6 is 11.3 Å². The largest absolute Gasteiger partial charge is 0.379 e. The van der Waals surface area contributed by atoms with Gasteiger partial charge in [0.1, 0.15) is 17.0 Å². The van der Waals surface area contributed by atoms with Crippen molar-refractivity contribution in [1.82, 2.24) is 14.3 Å². The van der Waals surface area contributed by atoms with Gasteiger partial charge >= 0.3 is 0 Å². The first kappa shape index (κ1) is 18.3. The molecule has 1 N–H and O–H groups in total. The number of ether oxygens (including phenoxy) is 1. The van der Waals surface area contributed by atoms with Crippen molar-refractivity contribution in [2.75, 3.05) is 31.6 Å². The van der Waals surface area contributed by atoms with E-state index < -0.39 is 10.0 Å². The lowest BCUT2D eigenvalue weighted by atomic mass is 10.2. The third-order valence-electron chi connectivity index (χ3n) is 4.44. The van der Waals surface area contributed by atoms with Crippen LogP contribution < -0.4 is 5.32 Å². The van der Waals surface area contributed by atoms with Crippen molar-refractivity contribution < 1.29 is 13.2 Å². The van der Waals surface area contributed by atoms with E-state index in [1.807, 2.05) is 19.1 Å². The highest BCUT2D eigenvalue weighted by Crippen LogP contribution is 2.27. The lowest BCUT2D eigenvalue weighted by Crippen LogP contribution is -2.40. The van der Waals surface area contributed by atoms with E-state index >= 15 is 0 Å². The second kappa shape index (κ2) is 7.51. The molecule has 3 aromatic rings. The van der Waals surface area contributed by atoms with E-state index in [4.69, 9.17) is 4.74 Å². The highest BCUT2D eigenvalue weighted by molar-refractivity contribution is 7.89. The lowest BCUT2D eigenvalue weighted by molar-refractivity contribution is 0.0730. The van der Waals surface area contributed by atoms with Gasteiger partial charge in [0.2, 0.25) is 10.0 Å². The van der Waals surface area contributed by atoms with E-state index in [9.17, 15) is 8.42 Å². The molecule has 9 heteroatoms. The van der Waals surface area contributed by atoms with Crippen LogP contribution in [0.15, 0.2) is 41.6 Å². The Labute approximate surface area is 162 Å². The molecule has 142 valence electrons. The first-order chi connectivity index (χ1) is 13.0. The number of fused-ring (bicyclic) bond motifs is 1. The van der Waals surface area contributed by atoms with E-state index in [0.29, 0.717) is 37.7 Å². The fraction of sp³-hybridized carbons (Fsp3) is 0.333. The van der Waals surface area contributed by atoms with Crippen LogP contribution in [0, 0.1) is 6.92 Å². The van der Waals surface area contributed by atoms with E-state index in [1.54, 1.807) is 29.8 Å². The summed E-state index contributed by atoms with van der Waals surface area (Å²) in [6.07, 6.45) is 1.55. The zero-order valence-corrected chi connectivity index (χ0v) is 16.5. The standard InChI is InChI=1S/C18H20N4O3S2/c1-13-10-16-17(20-12-21-18(16)26-13)19-11-14-2-4-15(5-3-14)27(23,24)22-6-8-25-9-7-22/h2-5,10,12H,6-9,11H2,1H3,(H,19,20,21).